The van der Waals surface area contributed by atoms with Gasteiger partial charge in [-0.05, 0) is 36.6 Å². The Balaban J connectivity index is 2.31. The van der Waals surface area contributed by atoms with Gasteiger partial charge >= 0.3 is 0 Å². The molecule has 0 bridgehead atoms. The molecule has 2 aromatic rings. The first-order valence-electron chi connectivity index (χ1n) is 6.18. The number of benzene rings is 2. The lowest BCUT2D eigenvalue weighted by Gasteiger charge is -2.18. The van der Waals surface area contributed by atoms with Gasteiger partial charge in [-0.2, -0.15) is 0 Å². The van der Waals surface area contributed by atoms with E-state index in [1.165, 1.54) is 12.1 Å². The third-order valence-corrected chi connectivity index (χ3v) is 3.54. The highest BCUT2D eigenvalue weighted by atomic mass is 35.5. The average Bonchev–Trinajstić information content (AvgIpc) is 2.42. The Morgan fingerprint density at radius 1 is 1.25 bits per heavy atom. The SMILES string of the molecule is Cc1ccc(CC(NN)c2cccc(F)c2F)c(Cl)c1. The standard InChI is InChI=1S/C15H15ClF2N2/c1-9-5-6-10(12(16)7-9)8-14(20-19)11-3-2-4-13(17)15(11)18/h2-7,14,20H,8,19H2,1H3. The van der Waals surface area contributed by atoms with Crippen LogP contribution in [0.2, 0.25) is 5.02 Å². The molecule has 3 N–H and O–H groups in total. The van der Waals surface area contributed by atoms with Gasteiger partial charge < -0.3 is 0 Å². The molecule has 0 saturated carbocycles. The molecule has 0 radical (unpaired) electrons. The van der Waals surface area contributed by atoms with Crippen molar-refractivity contribution in [1.29, 1.82) is 0 Å². The molecule has 1 atom stereocenters. The molecular weight excluding hydrogens is 282 g/mol. The van der Waals surface area contributed by atoms with E-state index in [1.54, 1.807) is 0 Å². The predicted octanol–water partition coefficient (Wildman–Crippen LogP) is 3.67. The molecule has 0 aliphatic rings. The summed E-state index contributed by atoms with van der Waals surface area (Å²) >= 11 is 6.15. The van der Waals surface area contributed by atoms with E-state index in [0.29, 0.717) is 11.4 Å². The maximum absolute atomic E-state index is 13.8. The second-order valence-electron chi connectivity index (χ2n) is 4.66. The largest absolute Gasteiger partial charge is 0.271 e. The first-order chi connectivity index (χ1) is 9.52. The third-order valence-electron chi connectivity index (χ3n) is 3.19. The molecule has 1 unspecified atom stereocenters. The number of nitrogens with two attached hydrogens (primary N) is 1. The molecule has 2 rings (SSSR count). The van der Waals surface area contributed by atoms with Crippen LogP contribution in [0.4, 0.5) is 8.78 Å². The van der Waals surface area contributed by atoms with Gasteiger partial charge in [0.2, 0.25) is 0 Å². The van der Waals surface area contributed by atoms with Crippen molar-refractivity contribution in [3.8, 4) is 0 Å². The summed E-state index contributed by atoms with van der Waals surface area (Å²) in [5.41, 5.74) is 4.55. The predicted molar refractivity (Wildman–Crippen MR) is 76.3 cm³/mol. The third kappa shape index (κ3) is 3.15. The van der Waals surface area contributed by atoms with E-state index in [0.717, 1.165) is 17.2 Å². The molecule has 2 aromatic carbocycles. The molecular formula is C15H15ClF2N2. The fourth-order valence-electron chi connectivity index (χ4n) is 2.09. The second kappa shape index (κ2) is 6.31. The van der Waals surface area contributed by atoms with Gasteiger partial charge in [0, 0.05) is 10.6 Å². The molecule has 0 heterocycles. The van der Waals surface area contributed by atoms with Gasteiger partial charge in [0.15, 0.2) is 11.6 Å². The summed E-state index contributed by atoms with van der Waals surface area (Å²) in [7, 11) is 0. The lowest BCUT2D eigenvalue weighted by molar-refractivity contribution is 0.464. The molecule has 0 aliphatic carbocycles. The molecule has 0 spiro atoms. The molecule has 0 fully saturated rings. The van der Waals surface area contributed by atoms with Crippen molar-refractivity contribution in [3.63, 3.8) is 0 Å². The monoisotopic (exact) mass is 296 g/mol. The van der Waals surface area contributed by atoms with E-state index in [4.69, 9.17) is 17.4 Å². The van der Waals surface area contributed by atoms with Gasteiger partial charge in [-0.25, -0.2) is 8.78 Å². The topological polar surface area (TPSA) is 38.0 Å². The Morgan fingerprint density at radius 3 is 2.65 bits per heavy atom. The van der Waals surface area contributed by atoms with Crippen LogP contribution in [0.1, 0.15) is 22.7 Å². The minimum absolute atomic E-state index is 0.184. The van der Waals surface area contributed by atoms with E-state index in [1.807, 2.05) is 25.1 Å². The summed E-state index contributed by atoms with van der Waals surface area (Å²) < 4.78 is 27.1. The number of hydrogen-bond acceptors (Lipinski definition) is 2. The van der Waals surface area contributed by atoms with Crippen molar-refractivity contribution in [3.05, 3.63) is 69.7 Å². The Labute approximate surface area is 121 Å². The molecule has 0 saturated heterocycles. The van der Waals surface area contributed by atoms with Gasteiger partial charge in [0.05, 0.1) is 6.04 Å². The van der Waals surface area contributed by atoms with Crippen LogP contribution in [0.3, 0.4) is 0 Å². The van der Waals surface area contributed by atoms with E-state index in [-0.39, 0.29) is 5.56 Å². The van der Waals surface area contributed by atoms with Crippen LogP contribution in [-0.2, 0) is 6.42 Å². The average molecular weight is 297 g/mol. The molecule has 0 amide bonds. The zero-order valence-electron chi connectivity index (χ0n) is 11.0. The van der Waals surface area contributed by atoms with Gasteiger partial charge in [-0.3, -0.25) is 11.3 Å². The number of hydrogen-bond donors (Lipinski definition) is 2. The fraction of sp³-hybridized carbons (Fsp3) is 0.200. The van der Waals surface area contributed by atoms with Crippen LogP contribution in [0.15, 0.2) is 36.4 Å². The Hall–Kier alpha value is -1.49. The van der Waals surface area contributed by atoms with E-state index >= 15 is 0 Å². The minimum atomic E-state index is -0.891. The highest BCUT2D eigenvalue weighted by Gasteiger charge is 2.18. The highest BCUT2D eigenvalue weighted by Crippen LogP contribution is 2.26. The number of rotatable bonds is 4. The minimum Gasteiger partial charge on any atom is -0.271 e. The lowest BCUT2D eigenvalue weighted by atomic mass is 9.98. The maximum Gasteiger partial charge on any atom is 0.163 e. The summed E-state index contributed by atoms with van der Waals surface area (Å²) in [4.78, 5) is 0. The number of nitrogens with one attached hydrogen (secondary N) is 1. The number of hydrazine groups is 1. The first-order valence-corrected chi connectivity index (χ1v) is 6.55. The van der Waals surface area contributed by atoms with Gasteiger partial charge in [-0.15, -0.1) is 0 Å². The maximum atomic E-state index is 13.8. The Kier molecular flexibility index (Phi) is 4.70. The number of aryl methyl sites for hydroxylation is 1. The quantitative estimate of drug-likeness (QED) is 0.667. The van der Waals surface area contributed by atoms with Crippen LogP contribution >= 0.6 is 11.6 Å². The van der Waals surface area contributed by atoms with E-state index in [9.17, 15) is 8.78 Å². The lowest BCUT2D eigenvalue weighted by Crippen LogP contribution is -2.30. The first kappa shape index (κ1) is 14.9. The van der Waals surface area contributed by atoms with Crippen molar-refractivity contribution < 1.29 is 8.78 Å². The van der Waals surface area contributed by atoms with E-state index < -0.39 is 17.7 Å². The van der Waals surface area contributed by atoms with Crippen molar-refractivity contribution >= 4 is 11.6 Å². The van der Waals surface area contributed by atoms with Crippen LogP contribution < -0.4 is 11.3 Å². The van der Waals surface area contributed by atoms with Crippen LogP contribution in [0, 0.1) is 18.6 Å². The van der Waals surface area contributed by atoms with E-state index in [2.05, 4.69) is 5.43 Å². The van der Waals surface area contributed by atoms with Crippen molar-refractivity contribution in [2.75, 3.05) is 0 Å². The normalized spacial score (nSPS) is 12.4. The second-order valence-corrected chi connectivity index (χ2v) is 5.07. The van der Waals surface area contributed by atoms with Crippen LogP contribution in [0.25, 0.3) is 0 Å². The van der Waals surface area contributed by atoms with Gasteiger partial charge in [0.25, 0.3) is 0 Å². The molecule has 106 valence electrons. The summed E-state index contributed by atoms with van der Waals surface area (Å²) in [5.74, 6) is 3.69. The van der Waals surface area contributed by atoms with Crippen LogP contribution in [-0.4, -0.2) is 0 Å². The molecule has 2 nitrogen and oxygen atoms in total. The highest BCUT2D eigenvalue weighted by molar-refractivity contribution is 6.31. The zero-order valence-corrected chi connectivity index (χ0v) is 11.7. The Morgan fingerprint density at radius 2 is 2.00 bits per heavy atom. The van der Waals surface area contributed by atoms with Crippen LogP contribution in [0.5, 0.6) is 0 Å². The summed E-state index contributed by atoms with van der Waals surface area (Å²) in [6.45, 7) is 1.93. The molecule has 20 heavy (non-hydrogen) atoms. The van der Waals surface area contributed by atoms with Crippen molar-refractivity contribution in [2.24, 2.45) is 5.84 Å². The smallest absolute Gasteiger partial charge is 0.163 e. The zero-order chi connectivity index (χ0) is 14.7. The molecule has 5 heteroatoms. The van der Waals surface area contributed by atoms with Crippen molar-refractivity contribution in [1.82, 2.24) is 5.43 Å². The fourth-order valence-corrected chi connectivity index (χ4v) is 2.40. The summed E-state index contributed by atoms with van der Waals surface area (Å²) in [6, 6.07) is 9.08. The Bertz CT molecular complexity index is 617. The van der Waals surface area contributed by atoms with Gasteiger partial charge in [-0.1, -0.05) is 35.9 Å². The molecule has 0 aromatic heterocycles. The van der Waals surface area contributed by atoms with Gasteiger partial charge in [0.1, 0.15) is 0 Å². The summed E-state index contributed by atoms with van der Waals surface area (Å²) in [5, 5.41) is 0.585. The number of halogens is 3. The molecule has 0 aliphatic heterocycles. The summed E-state index contributed by atoms with van der Waals surface area (Å²) in [6.07, 6.45) is 0.371. The van der Waals surface area contributed by atoms with Crippen molar-refractivity contribution in [2.45, 2.75) is 19.4 Å².